The van der Waals surface area contributed by atoms with Crippen molar-refractivity contribution in [3.05, 3.63) is 158 Å². The van der Waals surface area contributed by atoms with Gasteiger partial charge in [-0.2, -0.15) is 0 Å². The quantitative estimate of drug-likeness (QED) is 0.0420. The second-order valence-corrected chi connectivity index (χ2v) is 18.2. The van der Waals surface area contributed by atoms with Crippen molar-refractivity contribution in [3.63, 3.8) is 0 Å². The van der Waals surface area contributed by atoms with E-state index in [2.05, 4.69) is 165 Å². The van der Waals surface area contributed by atoms with Crippen molar-refractivity contribution in [2.45, 2.75) is 238 Å². The fourth-order valence-corrected chi connectivity index (χ4v) is 7.47. The zero-order valence-electron chi connectivity index (χ0n) is 44.5. The van der Waals surface area contributed by atoms with Gasteiger partial charge in [0.25, 0.3) is 0 Å². The summed E-state index contributed by atoms with van der Waals surface area (Å²) in [5.74, 6) is -0.0898. The summed E-state index contributed by atoms with van der Waals surface area (Å²) < 4.78 is 0. The molecule has 388 valence electrons. The van der Waals surface area contributed by atoms with Gasteiger partial charge in [-0.25, -0.2) is 0 Å². The van der Waals surface area contributed by atoms with E-state index < -0.39 is 12.1 Å². The molecule has 0 aliphatic carbocycles. The van der Waals surface area contributed by atoms with Crippen molar-refractivity contribution in [1.29, 1.82) is 0 Å². The van der Waals surface area contributed by atoms with Crippen LogP contribution in [0.4, 0.5) is 0 Å². The molecule has 1 amide bonds. The fraction of sp³-hybridized carbons (Fsp3) is 0.585. The maximum Gasteiger partial charge on any atom is 0.220 e. The third-order valence-corrected chi connectivity index (χ3v) is 11.7. The van der Waals surface area contributed by atoms with Gasteiger partial charge in [0, 0.05) is 6.42 Å². The standard InChI is InChI=1S/C65H105NO3/c1-3-5-7-9-11-13-15-17-19-21-22-23-24-25-26-27-28-29-30-31-32-33-34-35-36-37-38-39-40-41-42-43-44-45-47-49-51-53-55-57-59-61-65(69)66-63(62-67)64(68)60-58-56-54-52-50-48-46-20-18-16-14-12-10-8-6-4-2/h5,7,11,13,17-20,22-23,25-26,28-29,31-32,34-35,37-38,40-41,50,52,58,60,63-64,67-68H,3-4,6,8-10,12,14-16,21,24,27,30,33,36,39,42-49,51,53-57,59,61-62H2,1-2H3,(H,66,69)/b7-5-,13-11-,19-17-,20-18+,23-22-,26-25-,29-28-,32-31-,35-34-,38-37-,41-40-,52-50+,60-58+. The molecule has 0 aromatic carbocycles. The monoisotopic (exact) mass is 948 g/mol. The van der Waals surface area contributed by atoms with Gasteiger partial charge in [-0.1, -0.05) is 255 Å². The SMILES string of the molecule is CC/C=C\C/C=C\C/C=C\C/C=C\C/C=C\C/C=C\C/C=C\C/C=C\C/C=C\C/C=C\CCCCCCCCCCCCC(=O)NC(CO)C(O)/C=C/CC/C=C/CC/C=C/CCCCCCCC. The second kappa shape index (κ2) is 58.3. The minimum atomic E-state index is -0.882. The van der Waals surface area contributed by atoms with Gasteiger partial charge in [0.15, 0.2) is 0 Å². The molecule has 0 fully saturated rings. The van der Waals surface area contributed by atoms with Crippen molar-refractivity contribution < 1.29 is 15.0 Å². The number of hydrogen-bond acceptors (Lipinski definition) is 3. The van der Waals surface area contributed by atoms with Crippen molar-refractivity contribution >= 4 is 5.91 Å². The number of amides is 1. The molecule has 4 heteroatoms. The lowest BCUT2D eigenvalue weighted by Crippen LogP contribution is -2.45. The van der Waals surface area contributed by atoms with Crippen LogP contribution in [0.5, 0.6) is 0 Å². The summed E-state index contributed by atoms with van der Waals surface area (Å²) in [5.41, 5.74) is 0. The number of nitrogens with one attached hydrogen (secondary N) is 1. The molecule has 0 saturated heterocycles. The van der Waals surface area contributed by atoms with Crippen molar-refractivity contribution in [3.8, 4) is 0 Å². The summed E-state index contributed by atoms with van der Waals surface area (Å²) in [6.07, 6.45) is 93.9. The maximum absolute atomic E-state index is 12.4. The summed E-state index contributed by atoms with van der Waals surface area (Å²) in [5, 5.41) is 23.1. The Hall–Kier alpha value is -3.99. The Balaban J connectivity index is 3.65. The van der Waals surface area contributed by atoms with Crippen LogP contribution >= 0.6 is 0 Å². The van der Waals surface area contributed by atoms with E-state index in [0.29, 0.717) is 6.42 Å². The fourth-order valence-electron chi connectivity index (χ4n) is 7.47. The van der Waals surface area contributed by atoms with E-state index in [0.717, 1.165) is 109 Å². The Bertz CT molecular complexity index is 1490. The Morgan fingerprint density at radius 3 is 1.01 bits per heavy atom. The smallest absolute Gasteiger partial charge is 0.220 e. The Morgan fingerprint density at radius 2 is 0.652 bits per heavy atom. The molecule has 0 aromatic rings. The number of unbranched alkanes of at least 4 members (excludes halogenated alkanes) is 18. The van der Waals surface area contributed by atoms with E-state index in [9.17, 15) is 15.0 Å². The van der Waals surface area contributed by atoms with Gasteiger partial charge in [0.1, 0.15) is 0 Å². The Labute approximate surface area is 426 Å². The van der Waals surface area contributed by atoms with Crippen LogP contribution in [0.25, 0.3) is 0 Å². The van der Waals surface area contributed by atoms with E-state index >= 15 is 0 Å². The molecule has 0 heterocycles. The molecule has 0 saturated carbocycles. The maximum atomic E-state index is 12.4. The predicted octanol–water partition coefficient (Wildman–Crippen LogP) is 19.0. The van der Waals surface area contributed by atoms with Gasteiger partial charge < -0.3 is 15.5 Å². The molecule has 0 aliphatic rings. The highest BCUT2D eigenvalue weighted by molar-refractivity contribution is 5.76. The minimum Gasteiger partial charge on any atom is -0.394 e. The zero-order chi connectivity index (χ0) is 49.9. The minimum absolute atomic E-state index is 0.0898. The average molecular weight is 949 g/mol. The summed E-state index contributed by atoms with van der Waals surface area (Å²) in [7, 11) is 0. The number of carbonyl (C=O) groups is 1. The van der Waals surface area contributed by atoms with Gasteiger partial charge in [-0.05, 0) is 122 Å². The first kappa shape index (κ1) is 65.0. The van der Waals surface area contributed by atoms with Crippen LogP contribution in [-0.2, 0) is 4.79 Å². The van der Waals surface area contributed by atoms with Crippen LogP contribution in [0.3, 0.4) is 0 Å². The molecule has 69 heavy (non-hydrogen) atoms. The van der Waals surface area contributed by atoms with Crippen LogP contribution < -0.4 is 5.32 Å². The highest BCUT2D eigenvalue weighted by Gasteiger charge is 2.17. The highest BCUT2D eigenvalue weighted by atomic mass is 16.3. The lowest BCUT2D eigenvalue weighted by Gasteiger charge is -2.19. The first-order valence-corrected chi connectivity index (χ1v) is 28.2. The summed E-state index contributed by atoms with van der Waals surface area (Å²) in [6.45, 7) is 4.15. The molecule has 3 N–H and O–H groups in total. The molecular formula is C65H105NO3. The molecule has 0 rings (SSSR count). The van der Waals surface area contributed by atoms with E-state index in [4.69, 9.17) is 0 Å². The zero-order valence-corrected chi connectivity index (χ0v) is 44.5. The number of hydrogen-bond donors (Lipinski definition) is 3. The van der Waals surface area contributed by atoms with Crippen LogP contribution in [0.15, 0.2) is 158 Å². The molecule has 2 unspecified atom stereocenters. The number of aliphatic hydroxyl groups is 2. The number of aliphatic hydroxyl groups excluding tert-OH is 2. The molecular weight excluding hydrogens is 843 g/mol. The molecule has 4 nitrogen and oxygen atoms in total. The lowest BCUT2D eigenvalue weighted by atomic mass is 10.0. The van der Waals surface area contributed by atoms with Crippen LogP contribution in [0.2, 0.25) is 0 Å². The van der Waals surface area contributed by atoms with Gasteiger partial charge in [-0.15, -0.1) is 0 Å². The number of allylic oxidation sites excluding steroid dienone is 25. The second-order valence-electron chi connectivity index (χ2n) is 18.2. The van der Waals surface area contributed by atoms with Gasteiger partial charge in [-0.3, -0.25) is 4.79 Å². The van der Waals surface area contributed by atoms with E-state index in [1.54, 1.807) is 6.08 Å². The Morgan fingerprint density at radius 1 is 0.362 bits per heavy atom. The highest BCUT2D eigenvalue weighted by Crippen LogP contribution is 2.13. The number of rotatable bonds is 49. The lowest BCUT2D eigenvalue weighted by molar-refractivity contribution is -0.123. The summed E-state index contributed by atoms with van der Waals surface area (Å²) >= 11 is 0. The van der Waals surface area contributed by atoms with Gasteiger partial charge >= 0.3 is 0 Å². The Kier molecular flexibility index (Phi) is 55.0. The van der Waals surface area contributed by atoms with Crippen LogP contribution in [-0.4, -0.2) is 34.9 Å². The topological polar surface area (TPSA) is 69.6 Å². The first-order valence-electron chi connectivity index (χ1n) is 28.2. The van der Waals surface area contributed by atoms with Crippen LogP contribution in [0, 0.1) is 0 Å². The van der Waals surface area contributed by atoms with E-state index in [1.807, 2.05) is 6.08 Å². The first-order chi connectivity index (χ1) is 34.2. The predicted molar refractivity (Wildman–Crippen MR) is 308 cm³/mol. The van der Waals surface area contributed by atoms with Crippen LogP contribution in [0.1, 0.15) is 226 Å². The third kappa shape index (κ3) is 54.8. The van der Waals surface area contributed by atoms with Gasteiger partial charge in [0.05, 0.1) is 18.8 Å². The normalized spacial score (nSPS) is 14.1. The van der Waals surface area contributed by atoms with Crippen molar-refractivity contribution in [2.24, 2.45) is 0 Å². The number of carbonyl (C=O) groups excluding carboxylic acids is 1. The van der Waals surface area contributed by atoms with Gasteiger partial charge in [0.2, 0.25) is 5.91 Å². The van der Waals surface area contributed by atoms with E-state index in [-0.39, 0.29) is 12.5 Å². The molecule has 0 aliphatic heterocycles. The molecule has 0 radical (unpaired) electrons. The van der Waals surface area contributed by atoms with E-state index in [1.165, 1.54) is 96.3 Å². The summed E-state index contributed by atoms with van der Waals surface area (Å²) in [6, 6.07) is -0.658. The van der Waals surface area contributed by atoms with Crippen molar-refractivity contribution in [1.82, 2.24) is 5.32 Å². The van der Waals surface area contributed by atoms with Crippen molar-refractivity contribution in [2.75, 3.05) is 6.61 Å². The third-order valence-electron chi connectivity index (χ3n) is 11.7. The average Bonchev–Trinajstić information content (AvgIpc) is 3.35. The molecule has 0 aromatic heterocycles. The molecule has 0 spiro atoms. The molecule has 0 bridgehead atoms. The summed E-state index contributed by atoms with van der Waals surface area (Å²) in [4.78, 5) is 12.4. The molecule has 2 atom stereocenters. The largest absolute Gasteiger partial charge is 0.394 e.